The van der Waals surface area contributed by atoms with E-state index >= 15 is 0 Å². The Morgan fingerprint density at radius 1 is 1.09 bits per heavy atom. The lowest BCUT2D eigenvalue weighted by molar-refractivity contribution is 0.123. The quantitative estimate of drug-likeness (QED) is 0.600. The molecule has 5 heteroatoms. The minimum Gasteiger partial charge on any atom is -0.377 e. The van der Waals surface area contributed by atoms with Gasteiger partial charge in [0, 0.05) is 33.1 Å². The summed E-state index contributed by atoms with van der Waals surface area (Å²) in [5, 5.41) is 0. The summed E-state index contributed by atoms with van der Waals surface area (Å²) in [6.45, 7) is 0. The molecular weight excluding hydrogens is 180 g/mol. The fourth-order valence-electron chi connectivity index (χ4n) is 0.845. The highest BCUT2D eigenvalue weighted by Crippen LogP contribution is 2.14. The molecule has 0 aromatic heterocycles. The van der Waals surface area contributed by atoms with Crippen LogP contribution in [0.5, 0.6) is 0 Å². The molecule has 0 heterocycles. The van der Waals surface area contributed by atoms with E-state index in [9.17, 15) is 0 Å². The molecule has 0 N–H and O–H groups in total. The lowest BCUT2D eigenvalue weighted by atomic mass is 10.6. The van der Waals surface area contributed by atoms with Crippen LogP contribution in [0.15, 0.2) is 0 Å². The van der Waals surface area contributed by atoms with Crippen molar-refractivity contribution in [2.45, 2.75) is 12.5 Å². The monoisotopic (exact) mass is 195 g/mol. The van der Waals surface area contributed by atoms with Gasteiger partial charge in [0.2, 0.25) is 0 Å². The number of rotatable bonds is 6. The zero-order valence-electron chi connectivity index (χ0n) is 7.25. The highest BCUT2D eigenvalue weighted by Gasteiger charge is 2.36. The van der Waals surface area contributed by atoms with Crippen molar-refractivity contribution in [2.75, 3.05) is 27.1 Å². The van der Waals surface area contributed by atoms with E-state index in [1.165, 1.54) is 0 Å². The Labute approximate surface area is 74.8 Å². The molecule has 0 rings (SSSR count). The van der Waals surface area contributed by atoms with Crippen LogP contribution in [0.3, 0.4) is 0 Å². The highest BCUT2D eigenvalue weighted by atomic mass is 32.1. The van der Waals surface area contributed by atoms with Gasteiger partial charge in [0.05, 0.1) is 0 Å². The van der Waals surface area contributed by atoms with Crippen molar-refractivity contribution in [3.8, 4) is 0 Å². The van der Waals surface area contributed by atoms with Gasteiger partial charge in [-0.2, -0.15) is 0 Å². The van der Waals surface area contributed by atoms with Gasteiger partial charge in [-0.05, 0) is 6.42 Å². The van der Waals surface area contributed by atoms with E-state index in [0.717, 1.165) is 18.2 Å². The first-order chi connectivity index (χ1) is 5.24. The van der Waals surface area contributed by atoms with Crippen LogP contribution >= 0.6 is 12.6 Å². The fourth-order valence-corrected chi connectivity index (χ4v) is 2.97. The van der Waals surface area contributed by atoms with E-state index in [0.29, 0.717) is 0 Å². The molecule has 0 aliphatic heterocycles. The molecule has 0 aliphatic rings. The Balaban J connectivity index is 3.84. The van der Waals surface area contributed by atoms with Gasteiger partial charge in [0.1, 0.15) is 0 Å². The molecule has 0 aromatic carbocycles. The summed E-state index contributed by atoms with van der Waals surface area (Å²) in [4.78, 5) is 0. The van der Waals surface area contributed by atoms with Crippen LogP contribution < -0.4 is 0 Å². The molecule has 1 radical (unpaired) electrons. The standard InChI is InChI=1S/C6H15O3SSi/c1-7-11(8-2,9-3)6-4-5-10/h4-6H2,1-3H3. The van der Waals surface area contributed by atoms with Gasteiger partial charge in [-0.15, -0.1) is 0 Å². The van der Waals surface area contributed by atoms with Gasteiger partial charge in [0.25, 0.3) is 0 Å². The topological polar surface area (TPSA) is 27.7 Å². The van der Waals surface area contributed by atoms with E-state index in [4.69, 9.17) is 25.9 Å². The van der Waals surface area contributed by atoms with Crippen molar-refractivity contribution in [3.63, 3.8) is 0 Å². The summed E-state index contributed by atoms with van der Waals surface area (Å²) in [6, 6.07) is 0.806. The number of hydrogen-bond acceptors (Lipinski definition) is 3. The van der Waals surface area contributed by atoms with E-state index in [1.807, 2.05) is 0 Å². The van der Waals surface area contributed by atoms with Gasteiger partial charge >= 0.3 is 8.80 Å². The van der Waals surface area contributed by atoms with Gasteiger partial charge in [-0.3, -0.25) is 0 Å². The third-order valence-corrected chi connectivity index (χ3v) is 4.68. The Morgan fingerprint density at radius 3 is 1.82 bits per heavy atom. The maximum Gasteiger partial charge on any atom is 0.500 e. The Bertz CT molecular complexity index is 89.6. The van der Waals surface area contributed by atoms with Crippen LogP contribution in [0.4, 0.5) is 0 Å². The SMILES string of the molecule is CO[Si](CCC[S])(OC)OC. The smallest absolute Gasteiger partial charge is 0.377 e. The zero-order valence-corrected chi connectivity index (χ0v) is 9.07. The summed E-state index contributed by atoms with van der Waals surface area (Å²) < 4.78 is 15.6. The molecule has 0 aromatic rings. The molecular formula is C6H15O3SSi. The first-order valence-corrected chi connectivity index (χ1v) is 5.99. The molecule has 11 heavy (non-hydrogen) atoms. The summed E-state index contributed by atoms with van der Waals surface area (Å²) in [7, 11) is 2.54. The normalized spacial score (nSPS) is 12.0. The molecule has 0 spiro atoms. The second kappa shape index (κ2) is 6.02. The van der Waals surface area contributed by atoms with Crippen LogP contribution in [-0.2, 0) is 13.3 Å². The predicted octanol–water partition coefficient (Wildman–Crippen LogP) is 1.45. The van der Waals surface area contributed by atoms with Crippen molar-refractivity contribution in [2.24, 2.45) is 0 Å². The van der Waals surface area contributed by atoms with E-state index < -0.39 is 8.80 Å². The van der Waals surface area contributed by atoms with Crippen LogP contribution in [0.25, 0.3) is 0 Å². The summed E-state index contributed by atoms with van der Waals surface area (Å²) in [6.07, 6.45) is 0.914. The van der Waals surface area contributed by atoms with Crippen molar-refractivity contribution in [1.82, 2.24) is 0 Å². The van der Waals surface area contributed by atoms with E-state index in [1.54, 1.807) is 21.3 Å². The minimum absolute atomic E-state index is 0.727. The largest absolute Gasteiger partial charge is 0.500 e. The average molecular weight is 195 g/mol. The molecule has 67 valence electrons. The Kier molecular flexibility index (Phi) is 6.26. The van der Waals surface area contributed by atoms with Gasteiger partial charge in [-0.1, -0.05) is 12.6 Å². The molecule has 0 unspecified atom stereocenters. The third kappa shape index (κ3) is 3.57. The first-order valence-electron chi connectivity index (χ1n) is 3.48. The summed E-state index contributed by atoms with van der Waals surface area (Å²) >= 11 is 4.82. The molecule has 0 bridgehead atoms. The molecule has 0 amide bonds. The van der Waals surface area contributed by atoms with Crippen LogP contribution in [0, 0.1) is 0 Å². The highest BCUT2D eigenvalue weighted by molar-refractivity contribution is 7.80. The average Bonchev–Trinajstić information content (AvgIpc) is 2.08. The van der Waals surface area contributed by atoms with Crippen LogP contribution in [0.1, 0.15) is 6.42 Å². The van der Waals surface area contributed by atoms with Crippen molar-refractivity contribution in [1.29, 1.82) is 0 Å². The maximum atomic E-state index is 5.19. The lowest BCUT2D eigenvalue weighted by Crippen LogP contribution is -2.42. The van der Waals surface area contributed by atoms with Crippen molar-refractivity contribution in [3.05, 3.63) is 0 Å². The summed E-state index contributed by atoms with van der Waals surface area (Å²) in [5.41, 5.74) is 0. The fraction of sp³-hybridized carbons (Fsp3) is 1.00. The van der Waals surface area contributed by atoms with Gasteiger partial charge in [0.15, 0.2) is 0 Å². The Morgan fingerprint density at radius 2 is 1.55 bits per heavy atom. The summed E-state index contributed by atoms with van der Waals surface area (Å²) in [5.74, 6) is 0.727. The second-order valence-corrected chi connectivity index (χ2v) is 5.60. The van der Waals surface area contributed by atoms with Crippen LogP contribution in [0.2, 0.25) is 6.04 Å². The molecule has 0 saturated carbocycles. The second-order valence-electron chi connectivity index (χ2n) is 2.10. The van der Waals surface area contributed by atoms with Crippen molar-refractivity contribution >= 4 is 21.4 Å². The molecule has 0 atom stereocenters. The lowest BCUT2D eigenvalue weighted by Gasteiger charge is -2.23. The Hall–Kier alpha value is 0.447. The third-order valence-electron chi connectivity index (χ3n) is 1.56. The van der Waals surface area contributed by atoms with Crippen molar-refractivity contribution < 1.29 is 13.3 Å². The van der Waals surface area contributed by atoms with Gasteiger partial charge in [-0.25, -0.2) is 0 Å². The van der Waals surface area contributed by atoms with Gasteiger partial charge < -0.3 is 13.3 Å². The first kappa shape index (κ1) is 11.4. The van der Waals surface area contributed by atoms with Crippen LogP contribution in [-0.4, -0.2) is 35.9 Å². The predicted molar refractivity (Wildman–Crippen MR) is 48.7 cm³/mol. The molecule has 0 saturated heterocycles. The number of hydrogen-bond donors (Lipinski definition) is 0. The molecule has 0 fully saturated rings. The minimum atomic E-state index is -2.31. The van der Waals surface area contributed by atoms with E-state index in [-0.39, 0.29) is 0 Å². The zero-order chi connectivity index (χ0) is 8.74. The molecule has 0 aliphatic carbocycles. The molecule has 3 nitrogen and oxygen atoms in total. The van der Waals surface area contributed by atoms with E-state index in [2.05, 4.69) is 0 Å². The maximum absolute atomic E-state index is 5.19.